The van der Waals surface area contributed by atoms with Crippen LogP contribution in [-0.2, 0) is 9.59 Å². The van der Waals surface area contributed by atoms with Gasteiger partial charge in [-0.1, -0.05) is 24.9 Å². The molecule has 0 bridgehead atoms. The second-order valence-electron chi connectivity index (χ2n) is 4.51. The smallest absolute Gasteiger partial charge is 0.305 e. The second kappa shape index (κ2) is 8.89. The quantitative estimate of drug-likeness (QED) is 0.728. The highest BCUT2D eigenvalue weighted by atomic mass is 79.9. The molecule has 1 aromatic carbocycles. The number of benzene rings is 1. The van der Waals surface area contributed by atoms with E-state index in [4.69, 9.17) is 21.4 Å². The predicted octanol–water partition coefficient (Wildman–Crippen LogP) is 3.24. The highest BCUT2D eigenvalue weighted by molar-refractivity contribution is 9.10. The minimum absolute atomic E-state index is 0.0930. The number of rotatable bonds is 8. The summed E-state index contributed by atoms with van der Waals surface area (Å²) in [5, 5.41) is 12.0. The molecule has 5 nitrogen and oxygen atoms in total. The first-order chi connectivity index (χ1) is 9.92. The Balaban J connectivity index is 2.50. The van der Waals surface area contributed by atoms with E-state index in [1.54, 1.807) is 18.2 Å². The largest absolute Gasteiger partial charge is 0.483 e. The molecule has 1 atom stereocenters. The van der Waals surface area contributed by atoms with Gasteiger partial charge in [-0.15, -0.1) is 0 Å². The summed E-state index contributed by atoms with van der Waals surface area (Å²) >= 11 is 9.10. The van der Waals surface area contributed by atoms with Gasteiger partial charge in [0.2, 0.25) is 0 Å². The van der Waals surface area contributed by atoms with Gasteiger partial charge in [-0.25, -0.2) is 0 Å². The van der Waals surface area contributed by atoms with Gasteiger partial charge in [-0.3, -0.25) is 9.59 Å². The van der Waals surface area contributed by atoms with Crippen molar-refractivity contribution in [2.75, 3.05) is 6.61 Å². The van der Waals surface area contributed by atoms with Crippen molar-refractivity contribution in [1.29, 1.82) is 0 Å². The molecule has 0 fully saturated rings. The molecule has 0 radical (unpaired) electrons. The predicted molar refractivity (Wildman–Crippen MR) is 83.7 cm³/mol. The van der Waals surface area contributed by atoms with Crippen LogP contribution in [0.5, 0.6) is 5.75 Å². The Hall–Kier alpha value is -1.27. The van der Waals surface area contributed by atoms with E-state index in [-0.39, 0.29) is 25.0 Å². The lowest BCUT2D eigenvalue weighted by Gasteiger charge is -2.16. The Morgan fingerprint density at radius 2 is 2.19 bits per heavy atom. The number of hydrogen-bond acceptors (Lipinski definition) is 3. The molecule has 7 heteroatoms. The molecule has 0 heterocycles. The molecule has 1 aromatic rings. The van der Waals surface area contributed by atoms with Crippen molar-refractivity contribution < 1.29 is 19.4 Å². The van der Waals surface area contributed by atoms with Crippen LogP contribution in [0.2, 0.25) is 5.02 Å². The molecule has 1 unspecified atom stereocenters. The second-order valence-corrected chi connectivity index (χ2v) is 5.81. The number of carboxylic acids is 1. The summed E-state index contributed by atoms with van der Waals surface area (Å²) < 4.78 is 6.02. The molecule has 0 saturated carbocycles. The first kappa shape index (κ1) is 17.8. The average molecular weight is 379 g/mol. The number of hydrogen-bond donors (Lipinski definition) is 2. The lowest BCUT2D eigenvalue weighted by molar-refractivity contribution is -0.137. The van der Waals surface area contributed by atoms with E-state index < -0.39 is 5.97 Å². The van der Waals surface area contributed by atoms with E-state index in [1.165, 1.54) is 0 Å². The van der Waals surface area contributed by atoms with Crippen LogP contribution in [0.1, 0.15) is 26.2 Å². The molecule has 1 amide bonds. The van der Waals surface area contributed by atoms with Crippen LogP contribution in [-0.4, -0.2) is 29.6 Å². The van der Waals surface area contributed by atoms with Gasteiger partial charge in [-0.2, -0.15) is 0 Å². The van der Waals surface area contributed by atoms with E-state index in [1.807, 2.05) is 6.92 Å². The van der Waals surface area contributed by atoms with Gasteiger partial charge >= 0.3 is 5.97 Å². The van der Waals surface area contributed by atoms with Crippen LogP contribution in [0.3, 0.4) is 0 Å². The fourth-order valence-corrected chi connectivity index (χ4v) is 2.59. The van der Waals surface area contributed by atoms with Gasteiger partial charge in [0.05, 0.1) is 10.9 Å². The third-order valence-electron chi connectivity index (χ3n) is 2.68. The molecule has 0 saturated heterocycles. The number of aliphatic carboxylic acids is 1. The van der Waals surface area contributed by atoms with Gasteiger partial charge < -0.3 is 15.2 Å². The van der Waals surface area contributed by atoms with Crippen LogP contribution < -0.4 is 10.1 Å². The summed E-state index contributed by atoms with van der Waals surface area (Å²) in [6.45, 7) is 1.75. The van der Waals surface area contributed by atoms with Crippen LogP contribution in [0.15, 0.2) is 22.7 Å². The molecule has 0 aliphatic heterocycles. The van der Waals surface area contributed by atoms with E-state index in [0.717, 1.165) is 6.42 Å². The molecule has 116 valence electrons. The van der Waals surface area contributed by atoms with Crippen LogP contribution in [0, 0.1) is 0 Å². The Labute approximate surface area is 136 Å². The van der Waals surface area contributed by atoms with Gasteiger partial charge in [0.1, 0.15) is 5.75 Å². The minimum Gasteiger partial charge on any atom is -0.483 e. The van der Waals surface area contributed by atoms with Crippen molar-refractivity contribution in [3.8, 4) is 5.75 Å². The van der Waals surface area contributed by atoms with E-state index in [2.05, 4.69) is 21.2 Å². The number of amides is 1. The molecule has 1 rings (SSSR count). The summed E-state index contributed by atoms with van der Waals surface area (Å²) in [6, 6.07) is 4.60. The molecular formula is C14H17BrClNO4. The lowest BCUT2D eigenvalue weighted by atomic mass is 10.1. The zero-order valence-electron chi connectivity index (χ0n) is 11.6. The summed E-state index contributed by atoms with van der Waals surface area (Å²) in [4.78, 5) is 22.5. The zero-order valence-corrected chi connectivity index (χ0v) is 13.9. The molecule has 0 spiro atoms. The molecule has 2 N–H and O–H groups in total. The molecule has 0 aliphatic carbocycles. The van der Waals surface area contributed by atoms with Gasteiger partial charge in [-0.05, 0) is 40.5 Å². The zero-order chi connectivity index (χ0) is 15.8. The van der Waals surface area contributed by atoms with Gasteiger partial charge in [0, 0.05) is 11.1 Å². The third-order valence-corrected chi connectivity index (χ3v) is 3.53. The maximum Gasteiger partial charge on any atom is 0.305 e. The monoisotopic (exact) mass is 377 g/mol. The lowest BCUT2D eigenvalue weighted by Crippen LogP contribution is -2.39. The highest BCUT2D eigenvalue weighted by Crippen LogP contribution is 2.27. The summed E-state index contributed by atoms with van der Waals surface area (Å²) in [7, 11) is 0. The van der Waals surface area contributed by atoms with Crippen LogP contribution >= 0.6 is 27.5 Å². The van der Waals surface area contributed by atoms with Crippen molar-refractivity contribution in [3.05, 3.63) is 27.7 Å². The van der Waals surface area contributed by atoms with Crippen molar-refractivity contribution in [3.63, 3.8) is 0 Å². The summed E-state index contributed by atoms with van der Waals surface area (Å²) in [6.07, 6.45) is 1.31. The van der Waals surface area contributed by atoms with Gasteiger partial charge in [0.25, 0.3) is 5.91 Å². The Morgan fingerprint density at radius 3 is 2.76 bits per heavy atom. The number of halogens is 2. The first-order valence-electron chi connectivity index (χ1n) is 6.51. The SMILES string of the molecule is CCCC(CC(=O)O)NC(=O)COc1ccc(Cl)cc1Br. The number of nitrogens with one attached hydrogen (secondary N) is 1. The number of carbonyl (C=O) groups is 2. The standard InChI is InChI=1S/C14H17BrClNO4/c1-2-3-10(7-14(19)20)17-13(18)8-21-12-5-4-9(16)6-11(12)15/h4-6,10H,2-3,7-8H2,1H3,(H,17,18)(H,19,20). The average Bonchev–Trinajstić information content (AvgIpc) is 2.37. The van der Waals surface area contributed by atoms with E-state index in [9.17, 15) is 9.59 Å². The van der Waals surface area contributed by atoms with Crippen LogP contribution in [0.25, 0.3) is 0 Å². The van der Waals surface area contributed by atoms with Crippen molar-refractivity contribution in [2.24, 2.45) is 0 Å². The Kier molecular flexibility index (Phi) is 7.53. The summed E-state index contributed by atoms with van der Waals surface area (Å²) in [5.41, 5.74) is 0. The van der Waals surface area contributed by atoms with E-state index in [0.29, 0.717) is 21.7 Å². The molecular weight excluding hydrogens is 362 g/mol. The first-order valence-corrected chi connectivity index (χ1v) is 7.68. The molecule has 21 heavy (non-hydrogen) atoms. The number of carboxylic acid groups (broad SMARTS) is 1. The normalized spacial score (nSPS) is 11.8. The fourth-order valence-electron chi connectivity index (χ4n) is 1.79. The number of ether oxygens (including phenoxy) is 1. The summed E-state index contributed by atoms with van der Waals surface area (Å²) in [5.74, 6) is -0.786. The highest BCUT2D eigenvalue weighted by Gasteiger charge is 2.15. The third kappa shape index (κ3) is 6.82. The number of carbonyl (C=O) groups excluding carboxylic acids is 1. The topological polar surface area (TPSA) is 75.6 Å². The van der Waals surface area contributed by atoms with E-state index >= 15 is 0 Å². The Bertz CT molecular complexity index is 510. The van der Waals surface area contributed by atoms with Crippen LogP contribution in [0.4, 0.5) is 0 Å². The minimum atomic E-state index is -0.935. The van der Waals surface area contributed by atoms with Crippen molar-refractivity contribution >= 4 is 39.4 Å². The Morgan fingerprint density at radius 1 is 1.48 bits per heavy atom. The van der Waals surface area contributed by atoms with Gasteiger partial charge in [0.15, 0.2) is 6.61 Å². The maximum absolute atomic E-state index is 11.8. The fraction of sp³-hybridized carbons (Fsp3) is 0.429. The van der Waals surface area contributed by atoms with Crippen molar-refractivity contribution in [2.45, 2.75) is 32.2 Å². The molecule has 0 aliphatic rings. The van der Waals surface area contributed by atoms with Crippen molar-refractivity contribution in [1.82, 2.24) is 5.32 Å². The molecule has 0 aromatic heterocycles. The maximum atomic E-state index is 11.8.